The van der Waals surface area contributed by atoms with Gasteiger partial charge in [0.1, 0.15) is 6.61 Å². The standard InChI is InChI=1S/C43H71NO3/c1-15-36(29-37(40(5,6)16-2)35-25-23-33(24-26-35)31-44(12)13)41(7,8)38(39(45)47-28-27-46-14)30-43(11,17-3)42(9,10)32(4)34-21-19-18-20-22-34/h18-26,32,36-38H,15-17,27-31H2,1-14H3. The number of esters is 1. The van der Waals surface area contributed by atoms with E-state index in [4.69, 9.17) is 9.47 Å². The summed E-state index contributed by atoms with van der Waals surface area (Å²) in [5.41, 5.74) is 3.76. The first-order chi connectivity index (χ1) is 21.9. The largest absolute Gasteiger partial charge is 0.463 e. The van der Waals surface area contributed by atoms with Gasteiger partial charge in [-0.2, -0.15) is 0 Å². The van der Waals surface area contributed by atoms with E-state index >= 15 is 0 Å². The molecule has 2 aromatic carbocycles. The molecule has 0 heterocycles. The van der Waals surface area contributed by atoms with Crippen LogP contribution in [0, 0.1) is 33.5 Å². The second kappa shape index (κ2) is 17.5. The number of carbonyl (C=O) groups is 1. The van der Waals surface area contributed by atoms with Gasteiger partial charge in [-0.15, -0.1) is 0 Å². The molecule has 0 aliphatic carbocycles. The van der Waals surface area contributed by atoms with Crippen LogP contribution in [0.3, 0.4) is 0 Å². The lowest BCUT2D eigenvalue weighted by atomic mass is 9.52. The van der Waals surface area contributed by atoms with Crippen molar-refractivity contribution in [1.29, 1.82) is 0 Å². The molecular weight excluding hydrogens is 578 g/mol. The molecule has 0 bridgehead atoms. The molecule has 0 N–H and O–H groups in total. The fraction of sp³-hybridized carbons (Fsp3) is 0.698. The molecule has 5 atom stereocenters. The summed E-state index contributed by atoms with van der Waals surface area (Å²) in [4.78, 5) is 16.5. The lowest BCUT2D eigenvalue weighted by molar-refractivity contribution is -0.160. The highest BCUT2D eigenvalue weighted by Crippen LogP contribution is 2.57. The van der Waals surface area contributed by atoms with Gasteiger partial charge in [0.2, 0.25) is 0 Å². The van der Waals surface area contributed by atoms with E-state index in [0.29, 0.717) is 24.4 Å². The SMILES string of the molecule is CCC(CC(c1ccc(CN(C)C)cc1)C(C)(C)CC)C(C)(C)C(CC(C)(CC)C(C)(C)C(C)c1ccccc1)C(=O)OCCOC. The minimum absolute atomic E-state index is 0.0625. The number of hydrogen-bond donors (Lipinski definition) is 0. The van der Waals surface area contributed by atoms with Crippen molar-refractivity contribution < 1.29 is 14.3 Å². The predicted octanol–water partition coefficient (Wildman–Crippen LogP) is 11.2. The van der Waals surface area contributed by atoms with E-state index in [0.717, 1.165) is 38.6 Å². The molecule has 0 saturated heterocycles. The fourth-order valence-corrected chi connectivity index (χ4v) is 7.91. The minimum atomic E-state index is -0.283. The summed E-state index contributed by atoms with van der Waals surface area (Å²) in [6.07, 6.45) is 4.90. The Morgan fingerprint density at radius 1 is 0.809 bits per heavy atom. The number of carbonyl (C=O) groups excluding carboxylic acids is 1. The lowest BCUT2D eigenvalue weighted by Crippen LogP contribution is -2.47. The third-order valence-corrected chi connectivity index (χ3v) is 12.9. The van der Waals surface area contributed by atoms with Crippen LogP contribution < -0.4 is 0 Å². The molecule has 0 spiro atoms. The van der Waals surface area contributed by atoms with Crippen LogP contribution in [0.15, 0.2) is 54.6 Å². The summed E-state index contributed by atoms with van der Waals surface area (Å²) in [6.45, 7) is 27.7. The Balaban J connectivity index is 2.58. The molecular formula is C43H71NO3. The zero-order valence-corrected chi connectivity index (χ0v) is 32.8. The molecule has 47 heavy (non-hydrogen) atoms. The van der Waals surface area contributed by atoms with E-state index < -0.39 is 0 Å². The van der Waals surface area contributed by atoms with E-state index in [1.54, 1.807) is 7.11 Å². The van der Waals surface area contributed by atoms with Gasteiger partial charge >= 0.3 is 5.97 Å². The Morgan fingerprint density at radius 3 is 1.89 bits per heavy atom. The summed E-state index contributed by atoms with van der Waals surface area (Å²) in [5.74, 6) is 0.712. The smallest absolute Gasteiger partial charge is 0.309 e. The van der Waals surface area contributed by atoms with Gasteiger partial charge < -0.3 is 14.4 Å². The summed E-state index contributed by atoms with van der Waals surface area (Å²) in [7, 11) is 5.90. The summed E-state index contributed by atoms with van der Waals surface area (Å²) in [6, 6.07) is 20.2. The maximum Gasteiger partial charge on any atom is 0.309 e. The van der Waals surface area contributed by atoms with Crippen molar-refractivity contribution in [3.05, 3.63) is 71.3 Å². The van der Waals surface area contributed by atoms with Crippen LogP contribution in [0.4, 0.5) is 0 Å². The molecule has 0 aliphatic heterocycles. The van der Waals surface area contributed by atoms with Crippen molar-refractivity contribution >= 4 is 5.97 Å². The highest BCUT2D eigenvalue weighted by Gasteiger charge is 2.51. The molecule has 0 fully saturated rings. The Labute approximate surface area is 290 Å². The van der Waals surface area contributed by atoms with E-state index in [-0.39, 0.29) is 40.2 Å². The highest BCUT2D eigenvalue weighted by atomic mass is 16.6. The van der Waals surface area contributed by atoms with Crippen LogP contribution in [0.5, 0.6) is 0 Å². The quantitative estimate of drug-likeness (QED) is 0.106. The first-order valence-electron chi connectivity index (χ1n) is 18.4. The van der Waals surface area contributed by atoms with Crippen molar-refractivity contribution in [2.45, 2.75) is 127 Å². The monoisotopic (exact) mass is 650 g/mol. The second-order valence-corrected chi connectivity index (χ2v) is 16.7. The van der Waals surface area contributed by atoms with E-state index in [2.05, 4.69) is 150 Å². The van der Waals surface area contributed by atoms with Crippen molar-refractivity contribution in [3.63, 3.8) is 0 Å². The van der Waals surface area contributed by atoms with E-state index in [9.17, 15) is 4.79 Å². The average molecular weight is 650 g/mol. The minimum Gasteiger partial charge on any atom is -0.463 e. The van der Waals surface area contributed by atoms with Crippen molar-refractivity contribution in [3.8, 4) is 0 Å². The van der Waals surface area contributed by atoms with Gasteiger partial charge in [0.15, 0.2) is 0 Å². The third kappa shape index (κ3) is 10.2. The normalized spacial score (nSPS) is 16.7. The number of benzene rings is 2. The molecule has 0 saturated carbocycles. The first kappa shape index (κ1) is 41.0. The Morgan fingerprint density at radius 2 is 1.40 bits per heavy atom. The van der Waals surface area contributed by atoms with Gasteiger partial charge in [-0.1, -0.05) is 150 Å². The fourth-order valence-electron chi connectivity index (χ4n) is 7.91. The van der Waals surface area contributed by atoms with Crippen LogP contribution in [0.1, 0.15) is 137 Å². The zero-order chi connectivity index (χ0) is 35.6. The molecule has 0 amide bonds. The topological polar surface area (TPSA) is 38.8 Å². The number of methoxy groups -OCH3 is 1. The van der Waals surface area contributed by atoms with Gasteiger partial charge in [-0.3, -0.25) is 4.79 Å². The molecule has 2 rings (SSSR count). The van der Waals surface area contributed by atoms with Crippen molar-refractivity contribution in [1.82, 2.24) is 4.90 Å². The maximum atomic E-state index is 14.3. The lowest BCUT2D eigenvalue weighted by Gasteiger charge is -2.52. The number of ether oxygens (including phenoxy) is 2. The Hall–Kier alpha value is -2.17. The van der Waals surface area contributed by atoms with Crippen LogP contribution in [-0.4, -0.2) is 45.3 Å². The molecule has 266 valence electrons. The number of hydrogen-bond acceptors (Lipinski definition) is 4. The maximum absolute atomic E-state index is 14.3. The van der Waals surface area contributed by atoms with E-state index in [1.165, 1.54) is 16.7 Å². The van der Waals surface area contributed by atoms with Crippen molar-refractivity contribution in [2.24, 2.45) is 33.5 Å². The first-order valence-corrected chi connectivity index (χ1v) is 18.4. The van der Waals surface area contributed by atoms with Gasteiger partial charge in [0, 0.05) is 13.7 Å². The van der Waals surface area contributed by atoms with Gasteiger partial charge in [-0.25, -0.2) is 0 Å². The van der Waals surface area contributed by atoms with Crippen LogP contribution in [0.25, 0.3) is 0 Å². The number of nitrogens with zero attached hydrogens (tertiary/aromatic N) is 1. The summed E-state index contributed by atoms with van der Waals surface area (Å²) in [5, 5.41) is 0. The molecule has 4 nitrogen and oxygen atoms in total. The Bertz CT molecular complexity index is 1200. The van der Waals surface area contributed by atoms with Crippen LogP contribution >= 0.6 is 0 Å². The number of rotatable bonds is 20. The van der Waals surface area contributed by atoms with Gasteiger partial charge in [0.05, 0.1) is 12.5 Å². The summed E-state index contributed by atoms with van der Waals surface area (Å²) < 4.78 is 11.3. The van der Waals surface area contributed by atoms with E-state index in [1.807, 2.05) is 0 Å². The average Bonchev–Trinajstić information content (AvgIpc) is 3.03. The molecule has 5 unspecified atom stereocenters. The van der Waals surface area contributed by atoms with Crippen LogP contribution in [0.2, 0.25) is 0 Å². The van der Waals surface area contributed by atoms with Gasteiger partial charge in [0.25, 0.3) is 0 Å². The molecule has 4 heteroatoms. The van der Waals surface area contributed by atoms with Gasteiger partial charge in [-0.05, 0) is 83.0 Å². The molecule has 0 aromatic heterocycles. The second-order valence-electron chi connectivity index (χ2n) is 16.7. The molecule has 0 aliphatic rings. The third-order valence-electron chi connectivity index (χ3n) is 12.9. The predicted molar refractivity (Wildman–Crippen MR) is 201 cm³/mol. The Kier molecular flexibility index (Phi) is 15.2. The van der Waals surface area contributed by atoms with Crippen LogP contribution in [-0.2, 0) is 20.8 Å². The zero-order valence-electron chi connectivity index (χ0n) is 32.8. The van der Waals surface area contributed by atoms with Crippen molar-refractivity contribution in [2.75, 3.05) is 34.4 Å². The molecule has 2 aromatic rings. The summed E-state index contributed by atoms with van der Waals surface area (Å²) >= 11 is 0. The highest BCUT2D eigenvalue weighted by molar-refractivity contribution is 5.73. The molecule has 0 radical (unpaired) electrons.